The van der Waals surface area contributed by atoms with E-state index in [1.807, 2.05) is 39.0 Å². The molecule has 0 spiro atoms. The first-order chi connectivity index (χ1) is 8.40. The summed E-state index contributed by atoms with van der Waals surface area (Å²) in [5.74, 6) is -0.116. The molecule has 0 nitrogen and oxygen atoms in total. The maximum absolute atomic E-state index is 12.6. The number of benzene rings is 2. The van der Waals surface area contributed by atoms with Crippen molar-refractivity contribution in [3.05, 3.63) is 69.5 Å². The van der Waals surface area contributed by atoms with E-state index in [1.165, 1.54) is 11.6 Å². The Kier molecular flexibility index (Phi) is 5.36. The van der Waals surface area contributed by atoms with Gasteiger partial charge >= 0.3 is 0 Å². The maximum atomic E-state index is 12.6. The van der Waals surface area contributed by atoms with Gasteiger partial charge in [0.25, 0.3) is 0 Å². The Morgan fingerprint density at radius 3 is 1.67 bits per heavy atom. The molecule has 0 saturated heterocycles. The Morgan fingerprint density at radius 2 is 1.28 bits per heavy atom. The molecular weight excluding hydrogens is 247 g/mol. The molecule has 0 atom stereocenters. The van der Waals surface area contributed by atoms with E-state index in [-0.39, 0.29) is 5.82 Å². The van der Waals surface area contributed by atoms with Gasteiger partial charge in [-0.3, -0.25) is 0 Å². The van der Waals surface area contributed by atoms with Crippen LogP contribution in [0.4, 0.5) is 4.39 Å². The highest BCUT2D eigenvalue weighted by molar-refractivity contribution is 6.31. The SMILES string of the molecule is Cc1ccc(C)c(Cl)c1.Cc1ccc(C)c(F)c1. The van der Waals surface area contributed by atoms with E-state index in [2.05, 4.69) is 6.07 Å². The van der Waals surface area contributed by atoms with Crippen molar-refractivity contribution < 1.29 is 4.39 Å². The second-order valence-electron chi connectivity index (χ2n) is 4.51. The smallest absolute Gasteiger partial charge is 0.126 e. The van der Waals surface area contributed by atoms with Crippen LogP contribution in [-0.2, 0) is 0 Å². The summed E-state index contributed by atoms with van der Waals surface area (Å²) >= 11 is 5.81. The topological polar surface area (TPSA) is 0 Å². The van der Waals surface area contributed by atoms with Crippen LogP contribution in [-0.4, -0.2) is 0 Å². The van der Waals surface area contributed by atoms with Crippen LogP contribution < -0.4 is 0 Å². The fraction of sp³-hybridized carbons (Fsp3) is 0.250. The molecule has 0 radical (unpaired) electrons. The minimum absolute atomic E-state index is 0.116. The molecule has 0 aromatic heterocycles. The molecule has 0 fully saturated rings. The van der Waals surface area contributed by atoms with Crippen molar-refractivity contribution in [1.29, 1.82) is 0 Å². The lowest BCUT2D eigenvalue weighted by molar-refractivity contribution is 0.617. The van der Waals surface area contributed by atoms with Gasteiger partial charge in [-0.1, -0.05) is 35.9 Å². The van der Waals surface area contributed by atoms with E-state index in [0.29, 0.717) is 5.56 Å². The minimum Gasteiger partial charge on any atom is -0.207 e. The average Bonchev–Trinajstić information content (AvgIpc) is 2.30. The summed E-state index contributed by atoms with van der Waals surface area (Å²) in [6.45, 7) is 7.67. The van der Waals surface area contributed by atoms with E-state index in [9.17, 15) is 4.39 Å². The van der Waals surface area contributed by atoms with Crippen molar-refractivity contribution in [2.45, 2.75) is 27.7 Å². The lowest BCUT2D eigenvalue weighted by atomic mass is 10.2. The first-order valence-electron chi connectivity index (χ1n) is 5.85. The number of halogens is 2. The number of rotatable bonds is 0. The van der Waals surface area contributed by atoms with Gasteiger partial charge in [0.15, 0.2) is 0 Å². The number of hydrogen-bond acceptors (Lipinski definition) is 0. The standard InChI is InChI=1S/C8H9Cl.C8H9F/c2*1-6-3-4-7(2)8(9)5-6/h2*3-5H,1-2H3. The van der Waals surface area contributed by atoms with Crippen LogP contribution in [0.15, 0.2) is 36.4 Å². The van der Waals surface area contributed by atoms with Crippen LogP contribution in [0.5, 0.6) is 0 Å². The maximum Gasteiger partial charge on any atom is 0.126 e. The Bertz CT molecular complexity index is 483. The molecule has 2 aromatic rings. The zero-order valence-electron chi connectivity index (χ0n) is 11.2. The summed E-state index contributed by atoms with van der Waals surface area (Å²) < 4.78 is 12.6. The van der Waals surface area contributed by atoms with Crippen LogP contribution in [0, 0.1) is 33.5 Å². The summed E-state index contributed by atoms with van der Waals surface area (Å²) in [6.07, 6.45) is 0. The Morgan fingerprint density at radius 1 is 0.778 bits per heavy atom. The highest BCUT2D eigenvalue weighted by atomic mass is 35.5. The molecule has 96 valence electrons. The molecule has 0 aliphatic carbocycles. The molecular formula is C16H18ClF. The summed E-state index contributed by atoms with van der Waals surface area (Å²) in [5, 5.41) is 0.856. The van der Waals surface area contributed by atoms with Crippen molar-refractivity contribution >= 4 is 11.6 Å². The van der Waals surface area contributed by atoms with Crippen LogP contribution in [0.1, 0.15) is 22.3 Å². The summed E-state index contributed by atoms with van der Waals surface area (Å²) in [6, 6.07) is 11.3. The van der Waals surface area contributed by atoms with E-state index >= 15 is 0 Å². The molecule has 2 heteroatoms. The number of hydrogen-bond donors (Lipinski definition) is 0. The van der Waals surface area contributed by atoms with Gasteiger partial charge < -0.3 is 0 Å². The van der Waals surface area contributed by atoms with Gasteiger partial charge in [-0.25, -0.2) is 4.39 Å². The molecule has 0 heterocycles. The normalized spacial score (nSPS) is 9.67. The summed E-state index contributed by atoms with van der Waals surface area (Å²) in [5.41, 5.74) is 4.03. The lowest BCUT2D eigenvalue weighted by Gasteiger charge is -1.96. The molecule has 0 bridgehead atoms. The minimum atomic E-state index is -0.116. The largest absolute Gasteiger partial charge is 0.207 e. The van der Waals surface area contributed by atoms with Gasteiger partial charge in [0, 0.05) is 5.02 Å². The van der Waals surface area contributed by atoms with Gasteiger partial charge in [-0.2, -0.15) is 0 Å². The molecule has 0 unspecified atom stereocenters. The molecule has 18 heavy (non-hydrogen) atoms. The van der Waals surface area contributed by atoms with Crippen LogP contribution in [0.2, 0.25) is 5.02 Å². The lowest BCUT2D eigenvalue weighted by Crippen LogP contribution is -1.81. The molecule has 2 aromatic carbocycles. The molecule has 0 saturated carbocycles. The van der Waals surface area contributed by atoms with Crippen molar-refractivity contribution in [1.82, 2.24) is 0 Å². The third kappa shape index (κ3) is 4.50. The highest BCUT2D eigenvalue weighted by Crippen LogP contribution is 2.15. The zero-order chi connectivity index (χ0) is 13.7. The van der Waals surface area contributed by atoms with Gasteiger partial charge in [-0.15, -0.1) is 0 Å². The number of aryl methyl sites for hydroxylation is 4. The first-order valence-corrected chi connectivity index (χ1v) is 6.23. The molecule has 0 aliphatic heterocycles. The third-order valence-electron chi connectivity index (χ3n) is 2.65. The molecule has 2 rings (SSSR count). The molecule has 0 amide bonds. The fourth-order valence-electron chi connectivity index (χ4n) is 1.40. The van der Waals surface area contributed by atoms with E-state index < -0.39 is 0 Å². The van der Waals surface area contributed by atoms with Crippen molar-refractivity contribution in [3.8, 4) is 0 Å². The van der Waals surface area contributed by atoms with Crippen molar-refractivity contribution in [2.75, 3.05) is 0 Å². The van der Waals surface area contributed by atoms with Gasteiger partial charge in [-0.05, 0) is 62.1 Å². The molecule has 0 aliphatic rings. The Hall–Kier alpha value is -1.34. The van der Waals surface area contributed by atoms with Crippen LogP contribution in [0.25, 0.3) is 0 Å². The Balaban J connectivity index is 0.000000180. The average molecular weight is 265 g/mol. The molecule has 0 N–H and O–H groups in total. The quantitative estimate of drug-likeness (QED) is 0.598. The van der Waals surface area contributed by atoms with Crippen molar-refractivity contribution in [3.63, 3.8) is 0 Å². The summed E-state index contributed by atoms with van der Waals surface area (Å²) in [4.78, 5) is 0. The fourth-order valence-corrected chi connectivity index (χ4v) is 1.63. The van der Waals surface area contributed by atoms with Crippen LogP contribution >= 0.6 is 11.6 Å². The van der Waals surface area contributed by atoms with Gasteiger partial charge in [0.1, 0.15) is 5.82 Å². The second kappa shape index (κ2) is 6.55. The van der Waals surface area contributed by atoms with Crippen LogP contribution in [0.3, 0.4) is 0 Å². The van der Waals surface area contributed by atoms with Crippen molar-refractivity contribution in [2.24, 2.45) is 0 Å². The Labute approximate surface area is 113 Å². The second-order valence-corrected chi connectivity index (χ2v) is 4.91. The predicted molar refractivity (Wildman–Crippen MR) is 76.8 cm³/mol. The van der Waals surface area contributed by atoms with E-state index in [4.69, 9.17) is 11.6 Å². The van der Waals surface area contributed by atoms with Gasteiger partial charge in [0.05, 0.1) is 0 Å². The highest BCUT2D eigenvalue weighted by Gasteiger charge is 1.93. The van der Waals surface area contributed by atoms with Gasteiger partial charge in [0.2, 0.25) is 0 Å². The zero-order valence-corrected chi connectivity index (χ0v) is 12.0. The third-order valence-corrected chi connectivity index (χ3v) is 3.06. The van der Waals surface area contributed by atoms with E-state index in [1.54, 1.807) is 13.0 Å². The first kappa shape index (κ1) is 14.7. The predicted octanol–water partition coefficient (Wildman–Crippen LogP) is 5.40. The monoisotopic (exact) mass is 264 g/mol. The summed E-state index contributed by atoms with van der Waals surface area (Å²) in [7, 11) is 0. The van der Waals surface area contributed by atoms with E-state index in [0.717, 1.165) is 16.1 Å².